The normalized spacial score (nSPS) is 23.7. The van der Waals surface area contributed by atoms with Crippen molar-refractivity contribution in [3.8, 4) is 0 Å². The van der Waals surface area contributed by atoms with Crippen LogP contribution in [0.25, 0.3) is 10.9 Å². The Labute approximate surface area is 169 Å². The molecule has 1 aromatic carbocycles. The van der Waals surface area contributed by atoms with Gasteiger partial charge in [-0.3, -0.25) is 9.78 Å². The highest BCUT2D eigenvalue weighted by Gasteiger charge is 2.41. The van der Waals surface area contributed by atoms with Crippen LogP contribution in [0.5, 0.6) is 0 Å². The van der Waals surface area contributed by atoms with Crippen molar-refractivity contribution in [2.45, 2.75) is 31.5 Å². The van der Waals surface area contributed by atoms with Gasteiger partial charge in [-0.15, -0.1) is 0 Å². The maximum absolute atomic E-state index is 12.9. The fourth-order valence-corrected chi connectivity index (χ4v) is 5.15. The maximum Gasteiger partial charge on any atom is 0.229 e. The number of carbonyl (C=O) groups excluding carboxylic acids is 1. The van der Waals surface area contributed by atoms with Gasteiger partial charge in [-0.1, -0.05) is 12.1 Å². The fraction of sp³-hybridized carbons (Fsp3) is 0.409. The lowest BCUT2D eigenvalue weighted by Crippen LogP contribution is -2.50. The first-order valence-electron chi connectivity index (χ1n) is 10.0. The maximum atomic E-state index is 12.9. The molecule has 1 N–H and O–H groups in total. The molecule has 1 fully saturated rings. The summed E-state index contributed by atoms with van der Waals surface area (Å²) in [5.41, 5.74) is 3.95. The highest BCUT2D eigenvalue weighted by atomic mass is 16.5. The Morgan fingerprint density at radius 1 is 1.34 bits per heavy atom. The molecule has 7 nitrogen and oxygen atoms in total. The van der Waals surface area contributed by atoms with Crippen molar-refractivity contribution < 1.29 is 9.53 Å². The summed E-state index contributed by atoms with van der Waals surface area (Å²) in [6, 6.07) is 6.93. The van der Waals surface area contributed by atoms with E-state index in [1.54, 1.807) is 25.7 Å². The molecule has 1 amide bonds. The number of hydrogen-bond acceptors (Lipinski definition) is 5. The van der Waals surface area contributed by atoms with E-state index < -0.39 is 0 Å². The van der Waals surface area contributed by atoms with Crippen LogP contribution in [-0.2, 0) is 22.7 Å². The van der Waals surface area contributed by atoms with Crippen LogP contribution in [0.15, 0.2) is 43.0 Å². The molecule has 0 saturated carbocycles. The second-order valence-corrected chi connectivity index (χ2v) is 8.11. The van der Waals surface area contributed by atoms with E-state index in [1.165, 1.54) is 22.0 Å². The van der Waals surface area contributed by atoms with Crippen molar-refractivity contribution in [2.24, 2.45) is 5.92 Å². The minimum atomic E-state index is -0.0823. The van der Waals surface area contributed by atoms with Crippen LogP contribution in [-0.4, -0.2) is 52.1 Å². The number of likely N-dealkylation sites (N-methyl/N-ethyl adjacent to an activating group) is 1. The van der Waals surface area contributed by atoms with Crippen LogP contribution in [0.2, 0.25) is 0 Å². The van der Waals surface area contributed by atoms with Crippen molar-refractivity contribution in [3.05, 3.63) is 54.1 Å². The van der Waals surface area contributed by atoms with E-state index in [0.717, 1.165) is 19.4 Å². The number of likely N-dealkylation sites (tertiary alicyclic amines) is 1. The largest absolute Gasteiger partial charge is 0.364 e. The molecule has 1 saturated heterocycles. The SMILES string of the molecule is COCn1cc2c3c(cccc31)[C@H]1C[C@@H](C(=O)Nc3cnccn3)CN(C)[C@@H]1C2. The number of amides is 1. The summed E-state index contributed by atoms with van der Waals surface area (Å²) in [5.74, 6) is 0.778. The lowest BCUT2D eigenvalue weighted by atomic mass is 9.72. The number of methoxy groups -OCH3 is 1. The van der Waals surface area contributed by atoms with Crippen LogP contribution >= 0.6 is 0 Å². The van der Waals surface area contributed by atoms with Crippen molar-refractivity contribution in [3.63, 3.8) is 0 Å². The molecule has 3 atom stereocenters. The molecule has 2 aliphatic rings. The number of aromatic nitrogens is 3. The first-order valence-corrected chi connectivity index (χ1v) is 10.0. The van der Waals surface area contributed by atoms with E-state index in [4.69, 9.17) is 4.74 Å². The standard InChI is InChI=1S/C22H25N5O2/c1-26-11-15(22(28)25-20-10-23-6-7-24-20)8-17-16-4-3-5-18-21(16)14(9-19(17)26)12-27(18)13-29-2/h3-7,10,12,15,17,19H,8-9,11,13H2,1-2H3,(H,24,25,28)/t15-,17-,19-/m1/s1. The number of nitrogens with one attached hydrogen (secondary N) is 1. The Balaban J connectivity index is 1.46. The van der Waals surface area contributed by atoms with E-state index >= 15 is 0 Å². The van der Waals surface area contributed by atoms with Crippen LogP contribution in [0.3, 0.4) is 0 Å². The molecule has 7 heteroatoms. The summed E-state index contributed by atoms with van der Waals surface area (Å²) in [7, 11) is 3.86. The second kappa shape index (κ2) is 7.24. The van der Waals surface area contributed by atoms with Gasteiger partial charge in [-0.25, -0.2) is 4.98 Å². The van der Waals surface area contributed by atoms with E-state index in [9.17, 15) is 4.79 Å². The van der Waals surface area contributed by atoms with Gasteiger partial charge in [0.25, 0.3) is 0 Å². The average molecular weight is 391 g/mol. The Kier molecular flexibility index (Phi) is 4.56. The number of anilines is 1. The van der Waals surface area contributed by atoms with Gasteiger partial charge in [0, 0.05) is 49.6 Å². The minimum absolute atomic E-state index is 0.0192. The monoisotopic (exact) mass is 391 g/mol. The molecule has 1 aliphatic heterocycles. The molecule has 29 heavy (non-hydrogen) atoms. The molecule has 3 aromatic rings. The third kappa shape index (κ3) is 3.10. The van der Waals surface area contributed by atoms with Gasteiger partial charge in [-0.2, -0.15) is 0 Å². The molecule has 0 unspecified atom stereocenters. The fourth-order valence-electron chi connectivity index (χ4n) is 5.15. The molecule has 0 bridgehead atoms. The lowest BCUT2D eigenvalue weighted by molar-refractivity contribution is -0.122. The second-order valence-electron chi connectivity index (χ2n) is 8.11. The lowest BCUT2D eigenvalue weighted by Gasteiger charge is -2.45. The van der Waals surface area contributed by atoms with Crippen molar-refractivity contribution in [2.75, 3.05) is 26.0 Å². The molecule has 5 rings (SSSR count). The number of rotatable bonds is 4. The van der Waals surface area contributed by atoms with Crippen LogP contribution in [0.1, 0.15) is 23.5 Å². The Morgan fingerprint density at radius 3 is 3.03 bits per heavy atom. The predicted octanol–water partition coefficient (Wildman–Crippen LogP) is 2.63. The summed E-state index contributed by atoms with van der Waals surface area (Å²) in [4.78, 5) is 23.5. The van der Waals surface area contributed by atoms with Crippen LogP contribution in [0, 0.1) is 5.92 Å². The van der Waals surface area contributed by atoms with Gasteiger partial charge in [0.1, 0.15) is 6.73 Å². The molecule has 0 spiro atoms. The highest BCUT2D eigenvalue weighted by Crippen LogP contribution is 2.45. The topological polar surface area (TPSA) is 72.3 Å². The number of carbonyl (C=O) groups is 1. The number of piperidine rings is 1. The summed E-state index contributed by atoms with van der Waals surface area (Å²) >= 11 is 0. The first kappa shape index (κ1) is 18.3. The minimum Gasteiger partial charge on any atom is -0.364 e. The van der Waals surface area contributed by atoms with E-state index in [-0.39, 0.29) is 11.8 Å². The van der Waals surface area contributed by atoms with Crippen LogP contribution in [0.4, 0.5) is 5.82 Å². The number of nitrogens with zero attached hydrogens (tertiary/aromatic N) is 4. The molecule has 3 heterocycles. The smallest absolute Gasteiger partial charge is 0.229 e. The molecule has 0 radical (unpaired) electrons. The van der Waals surface area contributed by atoms with Crippen molar-refractivity contribution >= 4 is 22.6 Å². The number of benzene rings is 1. The quantitative estimate of drug-likeness (QED) is 0.740. The third-order valence-electron chi connectivity index (χ3n) is 6.38. The van der Waals surface area contributed by atoms with E-state index in [1.807, 2.05) is 0 Å². The average Bonchev–Trinajstić information content (AvgIpc) is 3.08. The predicted molar refractivity (Wildman–Crippen MR) is 111 cm³/mol. The molecule has 2 aromatic heterocycles. The van der Waals surface area contributed by atoms with Crippen LogP contribution < -0.4 is 5.32 Å². The molecular weight excluding hydrogens is 366 g/mol. The van der Waals surface area contributed by atoms with Gasteiger partial charge in [0.05, 0.1) is 17.6 Å². The molecular formula is C22H25N5O2. The van der Waals surface area contributed by atoms with Gasteiger partial charge >= 0.3 is 0 Å². The number of fused-ring (bicyclic) bond motifs is 2. The Hall–Kier alpha value is -2.77. The summed E-state index contributed by atoms with van der Waals surface area (Å²) < 4.78 is 7.57. The zero-order chi connectivity index (χ0) is 20.0. The van der Waals surface area contributed by atoms with Gasteiger partial charge in [0.2, 0.25) is 5.91 Å². The van der Waals surface area contributed by atoms with Gasteiger partial charge in [-0.05, 0) is 37.1 Å². The van der Waals surface area contributed by atoms with Crippen molar-refractivity contribution in [1.29, 1.82) is 0 Å². The van der Waals surface area contributed by atoms with Gasteiger partial charge in [0.15, 0.2) is 5.82 Å². The van der Waals surface area contributed by atoms with Gasteiger partial charge < -0.3 is 19.5 Å². The highest BCUT2D eigenvalue weighted by molar-refractivity contribution is 5.92. The zero-order valence-electron chi connectivity index (χ0n) is 16.7. The Bertz CT molecular complexity index is 1050. The summed E-state index contributed by atoms with van der Waals surface area (Å²) in [6.45, 7) is 1.30. The van der Waals surface area contributed by atoms with E-state index in [0.29, 0.717) is 24.5 Å². The summed E-state index contributed by atoms with van der Waals surface area (Å²) in [6.07, 6.45) is 8.85. The zero-order valence-corrected chi connectivity index (χ0v) is 16.7. The van der Waals surface area contributed by atoms with E-state index in [2.05, 4.69) is 56.2 Å². The number of hydrogen-bond donors (Lipinski definition) is 1. The molecule has 1 aliphatic carbocycles. The summed E-state index contributed by atoms with van der Waals surface area (Å²) in [5, 5.41) is 4.27. The Morgan fingerprint density at radius 2 is 2.24 bits per heavy atom. The van der Waals surface area contributed by atoms with Crippen molar-refractivity contribution in [1.82, 2.24) is 19.4 Å². The first-order chi connectivity index (χ1) is 14.2. The third-order valence-corrected chi connectivity index (χ3v) is 6.38. The molecule has 150 valence electrons. The number of ether oxygens (including phenoxy) is 1.